The molecule has 0 spiro atoms. The van der Waals surface area contributed by atoms with E-state index in [0.717, 1.165) is 12.2 Å². The Bertz CT molecular complexity index is 762. The third-order valence-corrected chi connectivity index (χ3v) is 3.93. The van der Waals surface area contributed by atoms with Crippen LogP contribution in [0.15, 0.2) is 48.7 Å². The maximum Gasteiger partial charge on any atom is 0.0652 e. The van der Waals surface area contributed by atoms with Crippen LogP contribution in [0.1, 0.15) is 5.56 Å². The van der Waals surface area contributed by atoms with Crippen molar-refractivity contribution in [3.63, 3.8) is 0 Å². The molecule has 0 bridgehead atoms. The maximum absolute atomic E-state index is 6.17. The first-order valence-electron chi connectivity index (χ1n) is 6.37. The van der Waals surface area contributed by atoms with Gasteiger partial charge in [0.15, 0.2) is 0 Å². The van der Waals surface area contributed by atoms with Crippen LogP contribution in [-0.2, 0) is 13.6 Å². The van der Waals surface area contributed by atoms with Gasteiger partial charge in [0.25, 0.3) is 0 Å². The summed E-state index contributed by atoms with van der Waals surface area (Å²) in [6.45, 7) is 0.725. The van der Waals surface area contributed by atoms with Gasteiger partial charge >= 0.3 is 0 Å². The first kappa shape index (κ1) is 13.3. The van der Waals surface area contributed by atoms with Gasteiger partial charge in [0.05, 0.1) is 10.7 Å². The molecule has 0 atom stereocenters. The van der Waals surface area contributed by atoms with E-state index in [1.807, 2.05) is 12.1 Å². The van der Waals surface area contributed by atoms with Gasteiger partial charge in [-0.25, -0.2) is 0 Å². The minimum Gasteiger partial charge on any atom is -0.380 e. The van der Waals surface area contributed by atoms with Crippen LogP contribution in [0, 0.1) is 0 Å². The van der Waals surface area contributed by atoms with Crippen molar-refractivity contribution in [3.05, 3.63) is 64.3 Å². The van der Waals surface area contributed by atoms with Gasteiger partial charge in [-0.2, -0.15) is 0 Å². The van der Waals surface area contributed by atoms with Crippen LogP contribution in [-0.4, -0.2) is 4.57 Å². The molecule has 0 aliphatic carbocycles. The van der Waals surface area contributed by atoms with Gasteiger partial charge in [-0.1, -0.05) is 41.4 Å². The fourth-order valence-corrected chi connectivity index (χ4v) is 2.87. The van der Waals surface area contributed by atoms with E-state index < -0.39 is 0 Å². The molecule has 2 nitrogen and oxygen atoms in total. The van der Waals surface area contributed by atoms with Gasteiger partial charge in [-0.05, 0) is 29.8 Å². The molecule has 0 saturated heterocycles. The highest BCUT2D eigenvalue weighted by Gasteiger charge is 2.06. The van der Waals surface area contributed by atoms with E-state index in [2.05, 4.69) is 47.4 Å². The van der Waals surface area contributed by atoms with Gasteiger partial charge in [0.2, 0.25) is 0 Å². The van der Waals surface area contributed by atoms with Crippen molar-refractivity contribution < 1.29 is 0 Å². The van der Waals surface area contributed by atoms with Crippen molar-refractivity contribution in [1.29, 1.82) is 0 Å². The molecule has 0 amide bonds. The molecule has 2 aromatic carbocycles. The number of para-hydroxylation sites is 1. The number of benzene rings is 2. The van der Waals surface area contributed by atoms with Gasteiger partial charge in [-0.15, -0.1) is 0 Å². The summed E-state index contributed by atoms with van der Waals surface area (Å²) >= 11 is 12.1. The minimum absolute atomic E-state index is 0.637. The van der Waals surface area contributed by atoms with E-state index in [-0.39, 0.29) is 0 Å². The lowest BCUT2D eigenvalue weighted by molar-refractivity contribution is 0.956. The summed E-state index contributed by atoms with van der Waals surface area (Å²) < 4.78 is 2.13. The first-order valence-corrected chi connectivity index (χ1v) is 7.12. The standard InChI is InChI=1S/C16H14Cl2N2/c1-20-10-11(13-4-2-3-5-16(13)20)9-19-15-7-6-12(17)8-14(15)18/h2-8,10,19H,9H2,1H3. The van der Waals surface area contributed by atoms with Crippen LogP contribution in [0.2, 0.25) is 10.0 Å². The molecule has 1 heterocycles. The lowest BCUT2D eigenvalue weighted by Gasteiger charge is -2.08. The number of hydrogen-bond donors (Lipinski definition) is 1. The zero-order valence-electron chi connectivity index (χ0n) is 11.0. The Kier molecular flexibility index (Phi) is 3.60. The number of nitrogens with one attached hydrogen (secondary N) is 1. The molecule has 0 aliphatic rings. The summed E-state index contributed by atoms with van der Waals surface area (Å²) in [4.78, 5) is 0. The number of nitrogens with zero attached hydrogens (tertiary/aromatic N) is 1. The first-order chi connectivity index (χ1) is 9.65. The molecule has 0 unspecified atom stereocenters. The van der Waals surface area contributed by atoms with E-state index in [1.165, 1.54) is 16.5 Å². The third kappa shape index (κ3) is 2.49. The second-order valence-corrected chi connectivity index (χ2v) is 5.60. The summed E-state index contributed by atoms with van der Waals surface area (Å²) in [5, 5.41) is 5.90. The minimum atomic E-state index is 0.637. The number of hydrogen-bond acceptors (Lipinski definition) is 1. The molecule has 0 fully saturated rings. The zero-order valence-corrected chi connectivity index (χ0v) is 12.5. The van der Waals surface area contributed by atoms with E-state index in [1.54, 1.807) is 6.07 Å². The number of rotatable bonds is 3. The fraction of sp³-hybridized carbons (Fsp3) is 0.125. The number of anilines is 1. The molecule has 4 heteroatoms. The third-order valence-electron chi connectivity index (χ3n) is 3.38. The molecule has 1 aromatic heterocycles. The Labute approximate surface area is 127 Å². The highest BCUT2D eigenvalue weighted by Crippen LogP contribution is 2.27. The Morgan fingerprint density at radius 1 is 1.10 bits per heavy atom. The quantitative estimate of drug-likeness (QED) is 0.712. The molecule has 0 saturated carbocycles. The summed E-state index contributed by atoms with van der Waals surface area (Å²) in [5.74, 6) is 0. The Hall–Kier alpha value is -1.64. The fourth-order valence-electron chi connectivity index (χ4n) is 2.39. The van der Waals surface area contributed by atoms with Crippen molar-refractivity contribution in [2.75, 3.05) is 5.32 Å². The van der Waals surface area contributed by atoms with E-state index >= 15 is 0 Å². The average molecular weight is 305 g/mol. The van der Waals surface area contributed by atoms with Crippen molar-refractivity contribution in [1.82, 2.24) is 4.57 Å². The van der Waals surface area contributed by atoms with Crippen molar-refractivity contribution in [2.24, 2.45) is 7.05 Å². The highest BCUT2D eigenvalue weighted by molar-refractivity contribution is 6.36. The smallest absolute Gasteiger partial charge is 0.0652 e. The average Bonchev–Trinajstić information content (AvgIpc) is 2.75. The molecular formula is C16H14Cl2N2. The SMILES string of the molecule is Cn1cc(CNc2ccc(Cl)cc2Cl)c2ccccc21. The summed E-state index contributed by atoms with van der Waals surface area (Å²) in [5.41, 5.74) is 3.37. The normalized spacial score (nSPS) is 10.9. The molecule has 20 heavy (non-hydrogen) atoms. The molecule has 3 aromatic rings. The predicted octanol–water partition coefficient (Wildman–Crippen LogP) is 5.10. The van der Waals surface area contributed by atoms with Crippen LogP contribution in [0.3, 0.4) is 0 Å². The second-order valence-electron chi connectivity index (χ2n) is 4.76. The predicted molar refractivity (Wildman–Crippen MR) is 86.7 cm³/mol. The monoisotopic (exact) mass is 304 g/mol. The van der Waals surface area contributed by atoms with Crippen molar-refractivity contribution in [2.45, 2.75) is 6.54 Å². The molecule has 0 aliphatic heterocycles. The molecule has 1 N–H and O–H groups in total. The molecule has 3 rings (SSSR count). The van der Waals surface area contributed by atoms with E-state index in [4.69, 9.17) is 23.2 Å². The van der Waals surface area contributed by atoms with Gasteiger partial charge in [0, 0.05) is 35.7 Å². The summed E-state index contributed by atoms with van der Waals surface area (Å²) in [6.07, 6.45) is 2.14. The molecule has 102 valence electrons. The summed E-state index contributed by atoms with van der Waals surface area (Å²) in [6, 6.07) is 13.8. The lowest BCUT2D eigenvalue weighted by Crippen LogP contribution is -1.99. The number of fused-ring (bicyclic) bond motifs is 1. The Balaban J connectivity index is 1.87. The van der Waals surface area contributed by atoms with E-state index in [0.29, 0.717) is 10.0 Å². The number of aryl methyl sites for hydroxylation is 1. The number of aromatic nitrogens is 1. The largest absolute Gasteiger partial charge is 0.380 e. The summed E-state index contributed by atoms with van der Waals surface area (Å²) in [7, 11) is 2.06. The van der Waals surface area contributed by atoms with Crippen molar-refractivity contribution >= 4 is 39.8 Å². The van der Waals surface area contributed by atoms with Crippen LogP contribution in [0.4, 0.5) is 5.69 Å². The molecular weight excluding hydrogens is 291 g/mol. The van der Waals surface area contributed by atoms with E-state index in [9.17, 15) is 0 Å². The van der Waals surface area contributed by atoms with Crippen molar-refractivity contribution in [3.8, 4) is 0 Å². The second kappa shape index (κ2) is 5.39. The number of halogens is 2. The highest BCUT2D eigenvalue weighted by atomic mass is 35.5. The van der Waals surface area contributed by atoms with Gasteiger partial charge < -0.3 is 9.88 Å². The van der Waals surface area contributed by atoms with Crippen LogP contribution in [0.25, 0.3) is 10.9 Å². The van der Waals surface area contributed by atoms with Gasteiger partial charge in [0.1, 0.15) is 0 Å². The maximum atomic E-state index is 6.17. The molecule has 0 radical (unpaired) electrons. The lowest BCUT2D eigenvalue weighted by atomic mass is 10.2. The Morgan fingerprint density at radius 3 is 2.70 bits per heavy atom. The van der Waals surface area contributed by atoms with Crippen LogP contribution >= 0.6 is 23.2 Å². The Morgan fingerprint density at radius 2 is 1.90 bits per heavy atom. The van der Waals surface area contributed by atoms with Crippen LogP contribution < -0.4 is 5.32 Å². The topological polar surface area (TPSA) is 17.0 Å². The van der Waals surface area contributed by atoms with Gasteiger partial charge in [-0.3, -0.25) is 0 Å². The zero-order chi connectivity index (χ0) is 14.1. The van der Waals surface area contributed by atoms with Crippen LogP contribution in [0.5, 0.6) is 0 Å².